The lowest BCUT2D eigenvalue weighted by molar-refractivity contribution is 0.350. The topological polar surface area (TPSA) is 25.8 Å². The minimum Gasteiger partial charge on any atom is -0.227 e. The molecule has 2 saturated carbocycles. The van der Waals surface area contributed by atoms with Crippen LogP contribution in [0.4, 0.5) is 0 Å². The van der Waals surface area contributed by atoms with Gasteiger partial charge in [0.05, 0.1) is 5.69 Å². The van der Waals surface area contributed by atoms with Crippen LogP contribution in [0.1, 0.15) is 86.5 Å². The maximum atomic E-state index is 5.33. The first-order valence-corrected chi connectivity index (χ1v) is 21.3. The first-order chi connectivity index (χ1) is 27.2. The van der Waals surface area contributed by atoms with Crippen molar-refractivity contribution in [1.29, 1.82) is 0 Å². The van der Waals surface area contributed by atoms with Gasteiger partial charge >= 0.3 is 0 Å². The van der Waals surface area contributed by atoms with E-state index in [0.29, 0.717) is 0 Å². The van der Waals surface area contributed by atoms with Crippen LogP contribution in [-0.4, -0.2) is 9.97 Å². The van der Waals surface area contributed by atoms with Gasteiger partial charge in [0, 0.05) is 37.4 Å². The predicted octanol–water partition coefficient (Wildman–Crippen LogP) is 14.3. The molecular formula is C52H42N2S. The van der Waals surface area contributed by atoms with Gasteiger partial charge in [-0.15, -0.1) is 11.3 Å². The van der Waals surface area contributed by atoms with Crippen LogP contribution in [0.3, 0.4) is 0 Å². The maximum Gasteiger partial charge on any atom is 0.161 e. The summed E-state index contributed by atoms with van der Waals surface area (Å²) in [5.41, 5.74) is 18.2. The SMILES string of the molecule is c1ccc(-c2nc(-c3cccc(-c4ccc5c(c4)-c4cc6c(cc4C54CCCCC4)-c4ccccc4C64CCCCC4)c3)nc3sc4ccccc4c23)cc1. The van der Waals surface area contributed by atoms with Gasteiger partial charge in [-0.1, -0.05) is 142 Å². The first-order valence-electron chi connectivity index (χ1n) is 20.5. The third-order valence-corrected chi connectivity index (χ3v) is 15.0. The second-order valence-corrected chi connectivity index (χ2v) is 17.7. The smallest absolute Gasteiger partial charge is 0.161 e. The van der Waals surface area contributed by atoms with Gasteiger partial charge in [-0.2, -0.15) is 0 Å². The summed E-state index contributed by atoms with van der Waals surface area (Å²) in [6, 6.07) is 50.4. The standard InChI is InChI=1S/C52H42N2S/c1-4-15-33(16-5-1)48-47-38-20-7-9-22-46(38)55-50(47)54-49(53-48)36-18-14-17-34(29-36)35-23-24-43-39(30-35)41-32-44-40(31-45(41)52(43)27-12-3-13-28-52)37-19-6-8-21-42(37)51(44)25-10-2-11-26-51/h1,4-9,14-24,29-32H,2-3,10-13,25-28H2. The Hall–Kier alpha value is -5.38. The molecule has 0 saturated heterocycles. The Morgan fingerprint density at radius 2 is 1.02 bits per heavy atom. The zero-order valence-corrected chi connectivity index (χ0v) is 31.9. The molecule has 2 fully saturated rings. The van der Waals surface area contributed by atoms with Crippen LogP contribution in [-0.2, 0) is 10.8 Å². The van der Waals surface area contributed by atoms with E-state index in [9.17, 15) is 0 Å². The van der Waals surface area contributed by atoms with Gasteiger partial charge < -0.3 is 0 Å². The number of aromatic nitrogens is 2. The third-order valence-electron chi connectivity index (χ3n) is 13.9. The molecule has 12 rings (SSSR count). The molecule has 6 aromatic carbocycles. The van der Waals surface area contributed by atoms with Crippen molar-refractivity contribution >= 4 is 31.6 Å². The minimum atomic E-state index is 0.108. The summed E-state index contributed by atoms with van der Waals surface area (Å²) in [5.74, 6) is 0.778. The molecule has 0 N–H and O–H groups in total. The third kappa shape index (κ3) is 4.60. The van der Waals surface area contributed by atoms with E-state index < -0.39 is 0 Å². The second kappa shape index (κ2) is 12.1. The summed E-state index contributed by atoms with van der Waals surface area (Å²) in [6.45, 7) is 0. The fourth-order valence-electron chi connectivity index (χ4n) is 11.4. The molecule has 4 aliphatic rings. The number of hydrogen-bond acceptors (Lipinski definition) is 3. The van der Waals surface area contributed by atoms with Gasteiger partial charge in [-0.05, 0) is 112 Å². The normalized spacial score (nSPS) is 17.4. The Labute approximate surface area is 327 Å². The highest BCUT2D eigenvalue weighted by molar-refractivity contribution is 7.25. The Kier molecular flexibility index (Phi) is 7.00. The minimum absolute atomic E-state index is 0.108. The lowest BCUT2D eigenvalue weighted by Gasteiger charge is -2.37. The quantitative estimate of drug-likeness (QED) is 0.181. The second-order valence-electron chi connectivity index (χ2n) is 16.7. The van der Waals surface area contributed by atoms with E-state index >= 15 is 0 Å². The van der Waals surface area contributed by atoms with Crippen LogP contribution < -0.4 is 0 Å². The maximum absolute atomic E-state index is 5.33. The van der Waals surface area contributed by atoms with E-state index in [1.54, 1.807) is 33.6 Å². The van der Waals surface area contributed by atoms with E-state index in [1.807, 2.05) is 0 Å². The van der Waals surface area contributed by atoms with Crippen molar-refractivity contribution in [3.8, 4) is 56.0 Å². The average molecular weight is 727 g/mol. The summed E-state index contributed by atoms with van der Waals surface area (Å²) < 4.78 is 1.24. The predicted molar refractivity (Wildman–Crippen MR) is 230 cm³/mol. The zero-order chi connectivity index (χ0) is 36.1. The van der Waals surface area contributed by atoms with Crippen LogP contribution in [0.25, 0.3) is 76.3 Å². The van der Waals surface area contributed by atoms with Crippen molar-refractivity contribution in [3.05, 3.63) is 156 Å². The number of hydrogen-bond donors (Lipinski definition) is 0. The van der Waals surface area contributed by atoms with Gasteiger partial charge in [-0.25, -0.2) is 9.97 Å². The van der Waals surface area contributed by atoms with Crippen molar-refractivity contribution in [2.24, 2.45) is 0 Å². The van der Waals surface area contributed by atoms with Crippen LogP contribution >= 0.6 is 11.3 Å². The molecule has 8 aromatic rings. The molecule has 2 nitrogen and oxygen atoms in total. The fourth-order valence-corrected chi connectivity index (χ4v) is 12.5. The molecular weight excluding hydrogens is 685 g/mol. The number of nitrogens with zero attached hydrogens (tertiary/aromatic N) is 2. The highest BCUT2D eigenvalue weighted by Crippen LogP contribution is 2.62. The van der Waals surface area contributed by atoms with Crippen LogP contribution in [0.5, 0.6) is 0 Å². The van der Waals surface area contributed by atoms with E-state index in [0.717, 1.165) is 32.9 Å². The number of benzene rings is 6. The van der Waals surface area contributed by atoms with E-state index in [4.69, 9.17) is 9.97 Å². The van der Waals surface area contributed by atoms with Gasteiger partial charge in [0.15, 0.2) is 5.82 Å². The lowest BCUT2D eigenvalue weighted by atomic mass is 9.66. The molecule has 55 heavy (non-hydrogen) atoms. The zero-order valence-electron chi connectivity index (χ0n) is 31.1. The van der Waals surface area contributed by atoms with Gasteiger partial charge in [-0.3, -0.25) is 0 Å². The van der Waals surface area contributed by atoms with E-state index in [-0.39, 0.29) is 10.8 Å². The Morgan fingerprint density at radius 3 is 1.80 bits per heavy atom. The molecule has 4 aliphatic carbocycles. The summed E-state index contributed by atoms with van der Waals surface area (Å²) >= 11 is 1.76. The molecule has 2 heterocycles. The van der Waals surface area contributed by atoms with Crippen LogP contribution in [0.2, 0.25) is 0 Å². The van der Waals surface area contributed by atoms with Gasteiger partial charge in [0.2, 0.25) is 0 Å². The van der Waals surface area contributed by atoms with Crippen LogP contribution in [0, 0.1) is 0 Å². The Morgan fingerprint density at radius 1 is 0.418 bits per heavy atom. The molecule has 266 valence electrons. The van der Waals surface area contributed by atoms with Crippen LogP contribution in [0.15, 0.2) is 133 Å². The Bertz CT molecular complexity index is 2830. The molecule has 2 aromatic heterocycles. The molecule has 0 unspecified atom stereocenters. The fraction of sp³-hybridized carbons (Fsp3) is 0.231. The lowest BCUT2D eigenvalue weighted by Crippen LogP contribution is -2.29. The molecule has 0 amide bonds. The van der Waals surface area contributed by atoms with Gasteiger partial charge in [0.1, 0.15) is 4.83 Å². The van der Waals surface area contributed by atoms with Crippen molar-refractivity contribution < 1.29 is 0 Å². The number of thiophene rings is 1. The first kappa shape index (κ1) is 31.9. The summed E-state index contributed by atoms with van der Waals surface area (Å²) in [6.07, 6.45) is 13.0. The van der Waals surface area contributed by atoms with Crippen molar-refractivity contribution in [2.45, 2.75) is 75.0 Å². The van der Waals surface area contributed by atoms with Crippen molar-refractivity contribution in [2.75, 3.05) is 0 Å². The monoisotopic (exact) mass is 726 g/mol. The summed E-state index contributed by atoms with van der Waals surface area (Å²) in [5, 5.41) is 2.37. The highest BCUT2D eigenvalue weighted by atomic mass is 32.1. The van der Waals surface area contributed by atoms with E-state index in [1.165, 1.54) is 108 Å². The molecule has 3 heteroatoms. The highest BCUT2D eigenvalue weighted by Gasteiger charge is 2.48. The summed E-state index contributed by atoms with van der Waals surface area (Å²) in [4.78, 5) is 11.6. The molecule has 0 aliphatic heterocycles. The molecule has 0 atom stereocenters. The molecule has 0 bridgehead atoms. The van der Waals surface area contributed by atoms with Gasteiger partial charge in [0.25, 0.3) is 0 Å². The van der Waals surface area contributed by atoms with Crippen molar-refractivity contribution in [3.63, 3.8) is 0 Å². The molecule has 2 spiro atoms. The molecule has 0 radical (unpaired) electrons. The van der Waals surface area contributed by atoms with E-state index in [2.05, 4.69) is 133 Å². The number of fused-ring (bicyclic) bond motifs is 13. The van der Waals surface area contributed by atoms with Crippen molar-refractivity contribution in [1.82, 2.24) is 9.97 Å². The summed E-state index contributed by atoms with van der Waals surface area (Å²) in [7, 11) is 0. The largest absolute Gasteiger partial charge is 0.227 e. The Balaban J connectivity index is 1.01. The average Bonchev–Trinajstić information content (AvgIpc) is 3.85. The number of rotatable bonds is 3.